The number of anilines is 4. The first-order chi connectivity index (χ1) is 10.8. The zero-order valence-corrected chi connectivity index (χ0v) is 13.1. The van der Waals surface area contributed by atoms with Crippen LogP contribution in [0.2, 0.25) is 0 Å². The fourth-order valence-electron chi connectivity index (χ4n) is 2.04. The lowest BCUT2D eigenvalue weighted by molar-refractivity contribution is 0.276. The Bertz CT molecular complexity index is 650. The summed E-state index contributed by atoms with van der Waals surface area (Å²) in [5.41, 5.74) is 27.2. The minimum absolute atomic E-state index is 0.0578. The highest BCUT2D eigenvalue weighted by molar-refractivity contribution is 5.61. The summed E-state index contributed by atoms with van der Waals surface area (Å²) in [5, 5.41) is 26.5. The van der Waals surface area contributed by atoms with Gasteiger partial charge in [-0.15, -0.1) is 0 Å². The van der Waals surface area contributed by atoms with Crippen molar-refractivity contribution in [1.29, 1.82) is 0 Å². The zero-order chi connectivity index (χ0) is 17.6. The van der Waals surface area contributed by atoms with Crippen LogP contribution < -0.4 is 22.9 Å². The summed E-state index contributed by atoms with van der Waals surface area (Å²) in [6.07, 6.45) is 0. The molecule has 126 valence electrons. The lowest BCUT2D eigenvalue weighted by Gasteiger charge is -2.07. The molecular formula is C16H24N4O3. The van der Waals surface area contributed by atoms with E-state index in [1.165, 1.54) is 6.07 Å². The number of hydrogen-bond acceptors (Lipinski definition) is 7. The van der Waals surface area contributed by atoms with Crippen LogP contribution in [0.4, 0.5) is 22.7 Å². The Morgan fingerprint density at radius 1 is 0.696 bits per heavy atom. The zero-order valence-electron chi connectivity index (χ0n) is 13.1. The largest absolute Gasteiger partial charge is 0.399 e. The Hall–Kier alpha value is -2.48. The predicted molar refractivity (Wildman–Crippen MR) is 93.0 cm³/mol. The van der Waals surface area contributed by atoms with Crippen LogP contribution in [0.1, 0.15) is 22.3 Å². The number of aryl methyl sites for hydroxylation is 1. The fraction of sp³-hybridized carbons (Fsp3) is 0.250. The van der Waals surface area contributed by atoms with Gasteiger partial charge in [0.15, 0.2) is 0 Å². The molecule has 2 rings (SSSR count). The lowest BCUT2D eigenvalue weighted by Crippen LogP contribution is -2.01. The molecule has 7 heteroatoms. The third-order valence-corrected chi connectivity index (χ3v) is 3.41. The van der Waals surface area contributed by atoms with Gasteiger partial charge in [0.05, 0.1) is 19.8 Å². The molecule has 0 atom stereocenters. The van der Waals surface area contributed by atoms with E-state index < -0.39 is 0 Å². The van der Waals surface area contributed by atoms with Crippen LogP contribution >= 0.6 is 0 Å². The van der Waals surface area contributed by atoms with Crippen molar-refractivity contribution in [2.45, 2.75) is 26.7 Å². The first-order valence-corrected chi connectivity index (χ1v) is 6.97. The summed E-state index contributed by atoms with van der Waals surface area (Å²) in [4.78, 5) is 0. The molecule has 0 saturated carbocycles. The fourth-order valence-corrected chi connectivity index (χ4v) is 2.04. The van der Waals surface area contributed by atoms with Crippen molar-refractivity contribution in [3.8, 4) is 0 Å². The third-order valence-electron chi connectivity index (χ3n) is 3.41. The van der Waals surface area contributed by atoms with Crippen molar-refractivity contribution >= 4 is 22.7 Å². The van der Waals surface area contributed by atoms with E-state index in [1.54, 1.807) is 18.2 Å². The second-order valence-electron chi connectivity index (χ2n) is 5.13. The summed E-state index contributed by atoms with van der Waals surface area (Å²) in [7, 11) is 0. The van der Waals surface area contributed by atoms with Crippen LogP contribution in [0.15, 0.2) is 24.3 Å². The first-order valence-electron chi connectivity index (χ1n) is 6.97. The van der Waals surface area contributed by atoms with Gasteiger partial charge in [-0.2, -0.15) is 0 Å². The number of hydrogen-bond donors (Lipinski definition) is 7. The van der Waals surface area contributed by atoms with Gasteiger partial charge >= 0.3 is 0 Å². The number of benzene rings is 2. The molecule has 0 aromatic heterocycles. The van der Waals surface area contributed by atoms with Crippen LogP contribution in [-0.4, -0.2) is 15.3 Å². The molecule has 0 heterocycles. The molecule has 0 aliphatic heterocycles. The summed E-state index contributed by atoms with van der Waals surface area (Å²) in [5.74, 6) is 0. The predicted octanol–water partition coefficient (Wildman–Crippen LogP) is 0.487. The van der Waals surface area contributed by atoms with E-state index in [4.69, 9.17) is 38.3 Å². The maximum absolute atomic E-state index is 8.83. The molecular weight excluding hydrogens is 296 g/mol. The molecule has 7 nitrogen and oxygen atoms in total. The van der Waals surface area contributed by atoms with E-state index >= 15 is 0 Å². The number of rotatable bonds is 3. The molecule has 0 aliphatic rings. The topological polar surface area (TPSA) is 165 Å². The van der Waals surface area contributed by atoms with Gasteiger partial charge in [0, 0.05) is 39.4 Å². The van der Waals surface area contributed by atoms with E-state index in [1.807, 2.05) is 6.92 Å². The van der Waals surface area contributed by atoms with Crippen molar-refractivity contribution in [1.82, 2.24) is 0 Å². The van der Waals surface area contributed by atoms with Crippen molar-refractivity contribution < 1.29 is 15.3 Å². The number of aliphatic hydroxyl groups is 3. The number of nitrogens with two attached hydrogens (primary N) is 4. The van der Waals surface area contributed by atoms with E-state index in [0.717, 1.165) is 5.56 Å². The summed E-state index contributed by atoms with van der Waals surface area (Å²) in [6, 6.07) is 6.61. The van der Waals surface area contributed by atoms with E-state index in [0.29, 0.717) is 39.4 Å². The Morgan fingerprint density at radius 3 is 1.61 bits per heavy atom. The van der Waals surface area contributed by atoms with Crippen LogP contribution in [0.5, 0.6) is 0 Å². The molecule has 0 bridgehead atoms. The maximum Gasteiger partial charge on any atom is 0.0702 e. The van der Waals surface area contributed by atoms with Gasteiger partial charge in [-0.25, -0.2) is 0 Å². The van der Waals surface area contributed by atoms with Crippen molar-refractivity contribution in [2.75, 3.05) is 22.9 Å². The quantitative estimate of drug-likeness (QED) is 0.404. The van der Waals surface area contributed by atoms with E-state index in [2.05, 4.69) is 0 Å². The standard InChI is InChI=1S/C8H12N2O2.C8H12N2O/c9-7-2-8(10)6(4-12)1-5(7)3-11;1-5-2-7(9)3-6(4-11)8(5)10/h1-2,11-12H,3-4,9-10H2;2-3,11H,4,9-10H2,1H3. The summed E-state index contributed by atoms with van der Waals surface area (Å²) >= 11 is 0. The van der Waals surface area contributed by atoms with Crippen LogP contribution in [0.25, 0.3) is 0 Å². The second kappa shape index (κ2) is 8.23. The smallest absolute Gasteiger partial charge is 0.0702 e. The first kappa shape index (κ1) is 18.6. The second-order valence-corrected chi connectivity index (χ2v) is 5.13. The highest BCUT2D eigenvalue weighted by Gasteiger charge is 2.03. The Balaban J connectivity index is 0.000000231. The SMILES string of the molecule is Cc1cc(N)cc(CO)c1N.Nc1cc(N)c(CO)cc1CO. The average Bonchev–Trinajstić information content (AvgIpc) is 2.51. The van der Waals surface area contributed by atoms with E-state index in [9.17, 15) is 0 Å². The maximum atomic E-state index is 8.83. The molecule has 0 radical (unpaired) electrons. The Kier molecular flexibility index (Phi) is 6.65. The monoisotopic (exact) mass is 320 g/mol. The normalized spacial score (nSPS) is 10.1. The number of nitrogen functional groups attached to an aromatic ring is 4. The highest BCUT2D eigenvalue weighted by Crippen LogP contribution is 2.21. The van der Waals surface area contributed by atoms with Gasteiger partial charge in [-0.05, 0) is 36.8 Å². The van der Waals surface area contributed by atoms with Gasteiger partial charge in [0.25, 0.3) is 0 Å². The minimum Gasteiger partial charge on any atom is -0.399 e. The molecule has 2 aromatic rings. The molecule has 0 spiro atoms. The molecule has 0 unspecified atom stereocenters. The average molecular weight is 320 g/mol. The molecule has 0 aliphatic carbocycles. The number of aliphatic hydroxyl groups excluding tert-OH is 3. The van der Waals surface area contributed by atoms with E-state index in [-0.39, 0.29) is 19.8 Å². The molecule has 0 amide bonds. The van der Waals surface area contributed by atoms with Gasteiger partial charge < -0.3 is 38.3 Å². The van der Waals surface area contributed by atoms with Crippen molar-refractivity contribution in [3.63, 3.8) is 0 Å². The Labute approximate surface area is 135 Å². The van der Waals surface area contributed by atoms with Gasteiger partial charge in [0.2, 0.25) is 0 Å². The summed E-state index contributed by atoms with van der Waals surface area (Å²) in [6.45, 7) is 1.53. The molecule has 0 fully saturated rings. The Morgan fingerprint density at radius 2 is 1.17 bits per heavy atom. The van der Waals surface area contributed by atoms with Crippen LogP contribution in [0, 0.1) is 6.92 Å². The highest BCUT2D eigenvalue weighted by atomic mass is 16.3. The van der Waals surface area contributed by atoms with Crippen molar-refractivity contribution in [3.05, 3.63) is 46.5 Å². The molecule has 11 N–H and O–H groups in total. The van der Waals surface area contributed by atoms with Gasteiger partial charge in [-0.3, -0.25) is 0 Å². The van der Waals surface area contributed by atoms with Crippen LogP contribution in [0.3, 0.4) is 0 Å². The molecule has 23 heavy (non-hydrogen) atoms. The van der Waals surface area contributed by atoms with Gasteiger partial charge in [0.1, 0.15) is 0 Å². The van der Waals surface area contributed by atoms with Gasteiger partial charge in [-0.1, -0.05) is 0 Å². The third kappa shape index (κ3) is 4.75. The van der Waals surface area contributed by atoms with Crippen molar-refractivity contribution in [2.24, 2.45) is 0 Å². The minimum atomic E-state index is -0.140. The van der Waals surface area contributed by atoms with Crippen LogP contribution in [-0.2, 0) is 19.8 Å². The molecule has 0 saturated heterocycles. The summed E-state index contributed by atoms with van der Waals surface area (Å²) < 4.78 is 0. The lowest BCUT2D eigenvalue weighted by atomic mass is 10.1. The molecule has 2 aromatic carbocycles.